The van der Waals surface area contributed by atoms with Crippen LogP contribution in [0.2, 0.25) is 5.04 Å². The number of nitrogens with two attached hydrogens (primary N) is 1. The molecule has 2 aromatic rings. The fourth-order valence-electron chi connectivity index (χ4n) is 4.09. The van der Waals surface area contributed by atoms with Crippen LogP contribution in [0.1, 0.15) is 47.5 Å². The van der Waals surface area contributed by atoms with Crippen LogP contribution in [0, 0.1) is 5.92 Å². The molecular weight excluding hydrogens is 404 g/mol. The molecule has 31 heavy (non-hydrogen) atoms. The molecule has 170 valence electrons. The van der Waals surface area contributed by atoms with Crippen molar-refractivity contribution in [1.82, 2.24) is 5.32 Å². The Labute approximate surface area is 188 Å². The Morgan fingerprint density at radius 3 is 1.87 bits per heavy atom. The highest BCUT2D eigenvalue weighted by atomic mass is 28.4. The quantitative estimate of drug-likeness (QED) is 0.486. The van der Waals surface area contributed by atoms with Crippen molar-refractivity contribution < 1.29 is 14.3 Å². The maximum atomic E-state index is 11.5. The van der Waals surface area contributed by atoms with E-state index >= 15 is 0 Å². The molecule has 0 radical (unpaired) electrons. The van der Waals surface area contributed by atoms with Gasteiger partial charge in [0, 0.05) is 6.04 Å². The van der Waals surface area contributed by atoms with E-state index in [1.165, 1.54) is 10.4 Å². The topological polar surface area (TPSA) is 84.6 Å². The molecule has 0 aliphatic heterocycles. The fraction of sp³-hybridized carbons (Fsp3) is 0.480. The summed E-state index contributed by atoms with van der Waals surface area (Å²) < 4.78 is 6.89. The van der Waals surface area contributed by atoms with Crippen LogP contribution in [0.25, 0.3) is 0 Å². The molecule has 2 aromatic carbocycles. The van der Waals surface area contributed by atoms with Crippen molar-refractivity contribution in [2.24, 2.45) is 11.7 Å². The van der Waals surface area contributed by atoms with E-state index in [1.54, 1.807) is 0 Å². The summed E-state index contributed by atoms with van der Waals surface area (Å²) in [5.74, 6) is 0.350. The minimum Gasteiger partial charge on any atom is -0.465 e. The Hall–Kier alpha value is -2.15. The lowest BCUT2D eigenvalue weighted by Crippen LogP contribution is -2.67. The van der Waals surface area contributed by atoms with E-state index in [4.69, 9.17) is 10.2 Å². The van der Waals surface area contributed by atoms with Crippen molar-refractivity contribution in [1.29, 1.82) is 0 Å². The molecule has 0 heterocycles. The van der Waals surface area contributed by atoms with Gasteiger partial charge in [-0.1, -0.05) is 95.3 Å². The summed E-state index contributed by atoms with van der Waals surface area (Å²) in [6, 6.07) is 20.5. The summed E-state index contributed by atoms with van der Waals surface area (Å²) in [5.41, 5.74) is 6.22. The van der Waals surface area contributed by atoms with Crippen molar-refractivity contribution in [2.75, 3.05) is 6.61 Å². The second kappa shape index (κ2) is 10.9. The standard InChI is InChI=1S/C25H38N2O3Si/c1-19(2)23(26)17-16-20(27-24(28)29)18-30-31(25(3,4)5,21-12-8-6-9-13-21)22-14-10-7-11-15-22/h6-15,19-20,23,27H,16-18,26H2,1-5H3,(H,28,29)/t20-,23?/m0/s1. The summed E-state index contributed by atoms with van der Waals surface area (Å²) in [7, 11) is -2.71. The maximum Gasteiger partial charge on any atom is 0.404 e. The lowest BCUT2D eigenvalue weighted by molar-refractivity contribution is 0.176. The third-order valence-electron chi connectivity index (χ3n) is 5.95. The summed E-state index contributed by atoms with van der Waals surface area (Å²) in [6.45, 7) is 11.1. The van der Waals surface area contributed by atoms with Gasteiger partial charge in [0.05, 0.1) is 12.6 Å². The molecule has 6 heteroatoms. The number of hydrogen-bond donors (Lipinski definition) is 3. The van der Waals surface area contributed by atoms with Crippen LogP contribution in [-0.2, 0) is 4.43 Å². The van der Waals surface area contributed by atoms with Gasteiger partial charge in [-0.25, -0.2) is 4.79 Å². The molecule has 2 rings (SSSR count). The first-order valence-electron chi connectivity index (χ1n) is 11.1. The molecule has 0 saturated heterocycles. The predicted molar refractivity (Wildman–Crippen MR) is 131 cm³/mol. The zero-order valence-corrected chi connectivity index (χ0v) is 20.5. The van der Waals surface area contributed by atoms with Crippen LogP contribution in [0.5, 0.6) is 0 Å². The van der Waals surface area contributed by atoms with Gasteiger partial charge in [0.15, 0.2) is 0 Å². The number of amides is 1. The lowest BCUT2D eigenvalue weighted by atomic mass is 9.98. The zero-order valence-electron chi connectivity index (χ0n) is 19.5. The van der Waals surface area contributed by atoms with Crippen molar-refractivity contribution >= 4 is 24.8 Å². The van der Waals surface area contributed by atoms with Crippen molar-refractivity contribution in [3.05, 3.63) is 60.7 Å². The Bertz CT molecular complexity index is 767. The summed E-state index contributed by atoms with van der Waals surface area (Å²) in [4.78, 5) is 11.5. The van der Waals surface area contributed by atoms with Gasteiger partial charge in [0.25, 0.3) is 8.32 Å². The molecule has 2 atom stereocenters. The van der Waals surface area contributed by atoms with Gasteiger partial charge in [0.1, 0.15) is 0 Å². The van der Waals surface area contributed by atoms with Crippen LogP contribution in [0.15, 0.2) is 60.7 Å². The number of carboxylic acid groups (broad SMARTS) is 1. The Morgan fingerprint density at radius 2 is 1.48 bits per heavy atom. The first kappa shape index (κ1) is 25.1. The van der Waals surface area contributed by atoms with E-state index in [0.29, 0.717) is 18.9 Å². The molecule has 0 bridgehead atoms. The van der Waals surface area contributed by atoms with E-state index < -0.39 is 14.4 Å². The first-order valence-corrected chi connectivity index (χ1v) is 13.0. The number of nitrogens with one attached hydrogen (secondary N) is 1. The van der Waals surface area contributed by atoms with E-state index in [9.17, 15) is 9.90 Å². The maximum absolute atomic E-state index is 11.5. The van der Waals surface area contributed by atoms with Gasteiger partial charge in [-0.3, -0.25) is 0 Å². The third kappa shape index (κ3) is 6.42. The molecule has 1 amide bonds. The first-order chi connectivity index (χ1) is 14.6. The minimum atomic E-state index is -2.71. The number of hydrogen-bond acceptors (Lipinski definition) is 3. The lowest BCUT2D eigenvalue weighted by Gasteiger charge is -2.43. The summed E-state index contributed by atoms with van der Waals surface area (Å²) >= 11 is 0. The van der Waals surface area contributed by atoms with Crippen molar-refractivity contribution in [2.45, 2.75) is 64.6 Å². The molecule has 1 unspecified atom stereocenters. The van der Waals surface area contributed by atoms with Crippen LogP contribution in [-0.4, -0.2) is 38.2 Å². The predicted octanol–water partition coefficient (Wildman–Crippen LogP) is 3.96. The molecule has 0 saturated carbocycles. The molecule has 0 fully saturated rings. The van der Waals surface area contributed by atoms with Gasteiger partial charge >= 0.3 is 6.09 Å². The van der Waals surface area contributed by atoms with Gasteiger partial charge in [-0.2, -0.15) is 0 Å². The average molecular weight is 443 g/mol. The van der Waals surface area contributed by atoms with Gasteiger partial charge in [-0.15, -0.1) is 0 Å². The van der Waals surface area contributed by atoms with Crippen molar-refractivity contribution in [3.63, 3.8) is 0 Å². The molecule has 0 aliphatic carbocycles. The molecule has 4 N–H and O–H groups in total. The monoisotopic (exact) mass is 442 g/mol. The van der Waals surface area contributed by atoms with E-state index in [0.717, 1.165) is 6.42 Å². The molecule has 0 aliphatic rings. The smallest absolute Gasteiger partial charge is 0.404 e. The molecule has 5 nitrogen and oxygen atoms in total. The fourth-order valence-corrected chi connectivity index (χ4v) is 8.69. The summed E-state index contributed by atoms with van der Waals surface area (Å²) in [5, 5.41) is 14.3. The SMILES string of the molecule is CC(C)C(N)CC[C@@H](CO[Si](c1ccccc1)(c1ccccc1)C(C)(C)C)NC(=O)O. The highest BCUT2D eigenvalue weighted by Crippen LogP contribution is 2.36. The highest BCUT2D eigenvalue weighted by Gasteiger charge is 2.50. The van der Waals surface area contributed by atoms with Gasteiger partial charge in [0.2, 0.25) is 0 Å². The Balaban J connectivity index is 2.41. The number of carbonyl (C=O) groups is 1. The molecule has 0 aromatic heterocycles. The summed E-state index contributed by atoms with van der Waals surface area (Å²) in [6.07, 6.45) is 0.352. The average Bonchev–Trinajstić information content (AvgIpc) is 2.72. The van der Waals surface area contributed by atoms with Gasteiger partial charge < -0.3 is 20.6 Å². The van der Waals surface area contributed by atoms with E-state index in [1.807, 2.05) is 36.4 Å². The Kier molecular flexibility index (Phi) is 8.86. The van der Waals surface area contributed by atoms with Crippen LogP contribution in [0.3, 0.4) is 0 Å². The molecule has 0 spiro atoms. The van der Waals surface area contributed by atoms with Crippen molar-refractivity contribution in [3.8, 4) is 0 Å². The van der Waals surface area contributed by atoms with Crippen LogP contribution in [0.4, 0.5) is 4.79 Å². The highest BCUT2D eigenvalue weighted by molar-refractivity contribution is 6.99. The van der Waals surface area contributed by atoms with Gasteiger partial charge in [-0.05, 0) is 34.2 Å². The minimum absolute atomic E-state index is 0.0333. The van der Waals surface area contributed by atoms with Crippen LogP contribution < -0.4 is 21.4 Å². The normalized spacial score (nSPS) is 14.3. The third-order valence-corrected chi connectivity index (χ3v) is 11.0. The largest absolute Gasteiger partial charge is 0.465 e. The second-order valence-corrected chi connectivity index (χ2v) is 13.9. The Morgan fingerprint density at radius 1 is 1.00 bits per heavy atom. The van der Waals surface area contributed by atoms with E-state index in [-0.39, 0.29) is 17.1 Å². The number of benzene rings is 2. The second-order valence-electron chi connectivity index (χ2n) is 9.61. The zero-order chi connectivity index (χ0) is 23.1. The molecular formula is C25H38N2O3Si. The van der Waals surface area contributed by atoms with Crippen LogP contribution >= 0.6 is 0 Å². The van der Waals surface area contributed by atoms with E-state index in [2.05, 4.69) is 64.2 Å². The number of rotatable bonds is 10.